The summed E-state index contributed by atoms with van der Waals surface area (Å²) < 4.78 is 10.9. The Morgan fingerprint density at radius 3 is 2.87 bits per heavy atom. The lowest BCUT2D eigenvalue weighted by Crippen LogP contribution is -2.69. The molecule has 8 heteroatoms. The average molecular weight is 419 g/mol. The minimum Gasteiger partial charge on any atom is -0.508 e. The highest BCUT2D eigenvalue weighted by Gasteiger charge is 2.59. The van der Waals surface area contributed by atoms with Gasteiger partial charge in [-0.15, -0.1) is 0 Å². The minimum atomic E-state index is -1.26. The van der Waals surface area contributed by atoms with Crippen molar-refractivity contribution in [3.63, 3.8) is 0 Å². The van der Waals surface area contributed by atoms with E-state index < -0.39 is 24.8 Å². The number of phenols is 1. The molecule has 2 bridgehead atoms. The molecule has 0 spiro atoms. The predicted octanol–water partition coefficient (Wildman–Crippen LogP) is 2.12. The van der Waals surface area contributed by atoms with E-state index in [4.69, 9.17) is 20.3 Å². The van der Waals surface area contributed by atoms with Crippen molar-refractivity contribution in [2.24, 2.45) is 11.7 Å². The SMILES string of the molecule is C[N+]1(COC(=O)OCC(N)C(=O)O)CC[C@]23CCCC[C@H]2[C@H]1Cc1ccc(O)cc13. The van der Waals surface area contributed by atoms with Gasteiger partial charge in [0.25, 0.3) is 0 Å². The topological polar surface area (TPSA) is 119 Å². The number of carboxylic acid groups (broad SMARTS) is 1. The second-order valence-electron chi connectivity index (χ2n) is 9.35. The van der Waals surface area contributed by atoms with Crippen LogP contribution < -0.4 is 5.73 Å². The highest BCUT2D eigenvalue weighted by atomic mass is 16.7. The highest BCUT2D eigenvalue weighted by Crippen LogP contribution is 2.57. The van der Waals surface area contributed by atoms with Crippen molar-refractivity contribution in [3.8, 4) is 5.75 Å². The molecule has 164 valence electrons. The van der Waals surface area contributed by atoms with E-state index in [1.807, 2.05) is 12.1 Å². The fraction of sp³-hybridized carbons (Fsp3) is 0.636. The number of phenolic OH excluding ortho intramolecular Hbond substituents is 1. The molecule has 30 heavy (non-hydrogen) atoms. The smallest absolute Gasteiger partial charge is 0.508 e. The monoisotopic (exact) mass is 419 g/mol. The number of quaternary nitrogens is 1. The third-order valence-electron chi connectivity index (χ3n) is 7.67. The molecule has 2 fully saturated rings. The van der Waals surface area contributed by atoms with Gasteiger partial charge < -0.3 is 25.4 Å². The molecule has 0 aromatic heterocycles. The number of hydrogen-bond donors (Lipinski definition) is 3. The van der Waals surface area contributed by atoms with Gasteiger partial charge in [-0.2, -0.15) is 0 Å². The number of fused-ring (bicyclic) bond motifs is 1. The lowest BCUT2D eigenvalue weighted by molar-refractivity contribution is -0.959. The summed E-state index contributed by atoms with van der Waals surface area (Å²) in [7, 11) is 2.13. The molecule has 2 aliphatic carbocycles. The molecule has 1 saturated carbocycles. The van der Waals surface area contributed by atoms with Crippen molar-refractivity contribution in [2.75, 3.05) is 26.9 Å². The third kappa shape index (κ3) is 3.52. The number of aliphatic carboxylic acids is 1. The lowest BCUT2D eigenvalue weighted by Gasteiger charge is -2.60. The van der Waals surface area contributed by atoms with Crippen LogP contribution in [0.25, 0.3) is 0 Å². The Bertz CT molecular complexity index is 845. The summed E-state index contributed by atoms with van der Waals surface area (Å²) in [5, 5.41) is 18.9. The second-order valence-corrected chi connectivity index (χ2v) is 9.35. The van der Waals surface area contributed by atoms with Gasteiger partial charge in [0, 0.05) is 24.2 Å². The predicted molar refractivity (Wildman–Crippen MR) is 108 cm³/mol. The summed E-state index contributed by atoms with van der Waals surface area (Å²) in [6, 6.07) is 4.84. The maximum Gasteiger partial charge on any atom is 0.512 e. The summed E-state index contributed by atoms with van der Waals surface area (Å²) in [5.41, 5.74) is 8.07. The lowest BCUT2D eigenvalue weighted by atomic mass is 9.52. The summed E-state index contributed by atoms with van der Waals surface area (Å²) >= 11 is 0. The number of likely N-dealkylation sites (tertiary alicyclic amines) is 1. The number of nitrogens with zero attached hydrogens (tertiary/aromatic N) is 1. The number of hydrogen-bond acceptors (Lipinski definition) is 6. The first-order valence-corrected chi connectivity index (χ1v) is 10.7. The Morgan fingerprint density at radius 1 is 1.30 bits per heavy atom. The van der Waals surface area contributed by atoms with Gasteiger partial charge in [-0.25, -0.2) is 4.79 Å². The van der Waals surface area contributed by atoms with E-state index in [0.29, 0.717) is 22.2 Å². The van der Waals surface area contributed by atoms with Gasteiger partial charge in [-0.05, 0) is 36.1 Å². The van der Waals surface area contributed by atoms with Crippen LogP contribution in [0.4, 0.5) is 4.79 Å². The van der Waals surface area contributed by atoms with E-state index in [2.05, 4.69) is 7.05 Å². The molecule has 5 atom stereocenters. The zero-order valence-corrected chi connectivity index (χ0v) is 17.4. The van der Waals surface area contributed by atoms with Gasteiger partial charge in [-0.3, -0.25) is 9.28 Å². The van der Waals surface area contributed by atoms with Crippen LogP contribution in [0.1, 0.15) is 43.2 Å². The first kappa shape index (κ1) is 20.9. The van der Waals surface area contributed by atoms with Gasteiger partial charge in [-0.1, -0.05) is 18.9 Å². The van der Waals surface area contributed by atoms with Crippen molar-refractivity contribution in [3.05, 3.63) is 29.3 Å². The van der Waals surface area contributed by atoms with Crippen molar-refractivity contribution in [1.82, 2.24) is 0 Å². The molecular weight excluding hydrogens is 388 g/mol. The van der Waals surface area contributed by atoms with Crippen molar-refractivity contribution in [1.29, 1.82) is 0 Å². The Morgan fingerprint density at radius 2 is 2.10 bits per heavy atom. The number of aromatic hydroxyl groups is 1. The molecule has 4 rings (SSSR count). The Balaban J connectivity index is 1.51. The van der Waals surface area contributed by atoms with Crippen LogP contribution in [0.3, 0.4) is 0 Å². The largest absolute Gasteiger partial charge is 0.512 e. The van der Waals surface area contributed by atoms with E-state index in [1.54, 1.807) is 6.07 Å². The molecule has 3 aliphatic rings. The molecule has 4 N–H and O–H groups in total. The Hall–Kier alpha value is -2.32. The Kier molecular flexibility index (Phi) is 5.40. The van der Waals surface area contributed by atoms with E-state index in [0.717, 1.165) is 32.2 Å². The zero-order valence-electron chi connectivity index (χ0n) is 17.4. The molecule has 2 unspecified atom stereocenters. The first-order chi connectivity index (χ1) is 14.2. The third-order valence-corrected chi connectivity index (χ3v) is 7.67. The van der Waals surface area contributed by atoms with Crippen LogP contribution in [0, 0.1) is 5.92 Å². The summed E-state index contributed by atoms with van der Waals surface area (Å²) in [5.74, 6) is -0.405. The quantitative estimate of drug-likeness (QED) is 0.494. The van der Waals surface area contributed by atoms with Gasteiger partial charge in [0.2, 0.25) is 6.73 Å². The molecule has 1 aromatic carbocycles. The van der Waals surface area contributed by atoms with Crippen LogP contribution in [-0.4, -0.2) is 65.8 Å². The van der Waals surface area contributed by atoms with Crippen LogP contribution in [0.15, 0.2) is 18.2 Å². The van der Waals surface area contributed by atoms with Crippen LogP contribution in [-0.2, 0) is 26.1 Å². The standard InChI is InChI=1S/C22H30N2O6/c1-24(13-30-21(28)29-12-18(23)20(26)27)9-8-22-7-3-2-4-16(22)19(24)10-14-5-6-15(25)11-17(14)22/h5-6,11,16,18-19H,2-4,7-10,12-13,23H2,1H3,(H-,25,26,27)/p+1/t16-,18?,19+,22+,24?/m0/s1. The van der Waals surface area contributed by atoms with Crippen LogP contribution >= 0.6 is 0 Å². The fourth-order valence-corrected chi connectivity index (χ4v) is 6.09. The molecular formula is C22H31N2O6+. The number of carboxylic acids is 1. The minimum absolute atomic E-state index is 0.0990. The van der Waals surface area contributed by atoms with Crippen molar-refractivity contribution in [2.45, 2.75) is 56.0 Å². The van der Waals surface area contributed by atoms with E-state index in [9.17, 15) is 14.7 Å². The number of piperidine rings is 1. The second kappa shape index (κ2) is 7.74. The molecule has 1 heterocycles. The maximum atomic E-state index is 12.0. The fourth-order valence-electron chi connectivity index (χ4n) is 6.09. The van der Waals surface area contributed by atoms with Crippen LogP contribution in [0.2, 0.25) is 0 Å². The summed E-state index contributed by atoms with van der Waals surface area (Å²) in [6.45, 7) is 0.647. The highest BCUT2D eigenvalue weighted by molar-refractivity contribution is 5.73. The number of carbonyl (C=O) groups is 2. The molecule has 0 amide bonds. The van der Waals surface area contributed by atoms with Gasteiger partial charge in [0.15, 0.2) is 0 Å². The van der Waals surface area contributed by atoms with E-state index >= 15 is 0 Å². The van der Waals surface area contributed by atoms with Crippen molar-refractivity contribution < 1.29 is 33.8 Å². The average Bonchev–Trinajstić information content (AvgIpc) is 2.73. The maximum absolute atomic E-state index is 12.0. The van der Waals surface area contributed by atoms with E-state index in [1.165, 1.54) is 24.0 Å². The number of carbonyl (C=O) groups excluding carboxylic acids is 1. The molecule has 0 radical (unpaired) electrons. The summed E-state index contributed by atoms with van der Waals surface area (Å²) in [6.07, 6.45) is 5.69. The molecule has 1 aliphatic heterocycles. The van der Waals surface area contributed by atoms with Crippen LogP contribution in [0.5, 0.6) is 5.75 Å². The van der Waals surface area contributed by atoms with Gasteiger partial charge >= 0.3 is 12.1 Å². The zero-order chi connectivity index (χ0) is 21.5. The van der Waals surface area contributed by atoms with Gasteiger partial charge in [0.05, 0.1) is 19.6 Å². The number of benzene rings is 1. The number of likely N-dealkylation sites (N-methyl/N-ethyl adjacent to an activating group) is 1. The summed E-state index contributed by atoms with van der Waals surface area (Å²) in [4.78, 5) is 22.8. The molecule has 8 nitrogen and oxygen atoms in total. The number of rotatable bonds is 5. The molecule has 1 aromatic rings. The number of ether oxygens (including phenoxy) is 2. The van der Waals surface area contributed by atoms with Gasteiger partial charge in [0.1, 0.15) is 18.4 Å². The number of nitrogens with two attached hydrogens (primary N) is 1. The van der Waals surface area contributed by atoms with Crippen molar-refractivity contribution >= 4 is 12.1 Å². The normalized spacial score (nSPS) is 33.0. The Labute approximate surface area is 176 Å². The first-order valence-electron chi connectivity index (χ1n) is 10.7. The van der Waals surface area contributed by atoms with E-state index in [-0.39, 0.29) is 12.1 Å². The molecule has 1 saturated heterocycles.